The molecule has 4 rings (SSSR count). The highest BCUT2D eigenvalue weighted by Crippen LogP contribution is 2.28. The maximum absolute atomic E-state index is 6.20. The first-order valence-corrected chi connectivity index (χ1v) is 9.94. The summed E-state index contributed by atoms with van der Waals surface area (Å²) in [5, 5.41) is 5.13. The molecule has 0 radical (unpaired) electrons. The molecule has 2 unspecified atom stereocenters. The predicted octanol–water partition coefficient (Wildman–Crippen LogP) is 3.78. The molecule has 27 heavy (non-hydrogen) atoms. The van der Waals surface area contributed by atoms with Crippen LogP contribution in [0.3, 0.4) is 0 Å². The predicted molar refractivity (Wildman–Crippen MR) is 109 cm³/mol. The minimum absolute atomic E-state index is 0.146. The summed E-state index contributed by atoms with van der Waals surface area (Å²) in [7, 11) is 3.57. The molecule has 2 atom stereocenters. The van der Waals surface area contributed by atoms with Gasteiger partial charge in [-0.1, -0.05) is 0 Å². The maximum Gasteiger partial charge on any atom is 0.214 e. The van der Waals surface area contributed by atoms with Gasteiger partial charge in [0.15, 0.2) is 5.13 Å². The highest BCUT2D eigenvalue weighted by Gasteiger charge is 2.31. The summed E-state index contributed by atoms with van der Waals surface area (Å²) in [5.74, 6) is 1.48. The maximum atomic E-state index is 6.20. The Hall–Kier alpha value is -2.38. The first-order valence-electron chi connectivity index (χ1n) is 9.12. The van der Waals surface area contributed by atoms with Crippen molar-refractivity contribution < 1.29 is 9.47 Å². The number of thiazole rings is 1. The van der Waals surface area contributed by atoms with Crippen LogP contribution in [0.25, 0.3) is 10.9 Å². The van der Waals surface area contributed by atoms with Crippen molar-refractivity contribution in [1.82, 2.24) is 14.9 Å². The number of hydrogen-bond donors (Lipinski definition) is 1. The van der Waals surface area contributed by atoms with Crippen molar-refractivity contribution in [3.63, 3.8) is 0 Å². The Balaban J connectivity index is 1.43. The van der Waals surface area contributed by atoms with Crippen LogP contribution in [0.15, 0.2) is 36.5 Å². The fraction of sp³-hybridized carbons (Fsp3) is 0.400. The third kappa shape index (κ3) is 3.99. The quantitative estimate of drug-likeness (QED) is 0.698. The van der Waals surface area contributed by atoms with E-state index in [9.17, 15) is 0 Å². The lowest BCUT2D eigenvalue weighted by Crippen LogP contribution is -2.27. The minimum Gasteiger partial charge on any atom is -0.497 e. The van der Waals surface area contributed by atoms with E-state index in [2.05, 4.69) is 27.1 Å². The van der Waals surface area contributed by atoms with Crippen molar-refractivity contribution in [3.8, 4) is 11.6 Å². The normalized spacial score (nSPS) is 20.1. The Morgan fingerprint density at radius 1 is 1.30 bits per heavy atom. The molecule has 1 aliphatic rings. The molecule has 0 saturated carbocycles. The number of aromatic nitrogens is 2. The second-order valence-electron chi connectivity index (χ2n) is 6.84. The highest BCUT2D eigenvalue weighted by molar-refractivity contribution is 7.15. The van der Waals surface area contributed by atoms with E-state index in [0.29, 0.717) is 11.9 Å². The minimum atomic E-state index is 0.146. The third-order valence-corrected chi connectivity index (χ3v) is 5.95. The topological polar surface area (TPSA) is 59.5 Å². The van der Waals surface area contributed by atoms with E-state index in [1.165, 1.54) is 4.88 Å². The molecule has 1 aromatic carbocycles. The molecule has 0 amide bonds. The number of anilines is 1. The molecule has 2 aromatic heterocycles. The van der Waals surface area contributed by atoms with E-state index in [1.54, 1.807) is 18.4 Å². The number of fused-ring (bicyclic) bond motifs is 1. The van der Waals surface area contributed by atoms with Crippen LogP contribution in [0, 0.1) is 0 Å². The lowest BCUT2D eigenvalue weighted by atomic mass is 10.2. The second-order valence-corrected chi connectivity index (χ2v) is 7.96. The van der Waals surface area contributed by atoms with Gasteiger partial charge in [-0.2, -0.15) is 0 Å². The molecule has 0 bridgehead atoms. The monoisotopic (exact) mass is 384 g/mol. The van der Waals surface area contributed by atoms with Crippen molar-refractivity contribution in [2.75, 3.05) is 26.0 Å². The van der Waals surface area contributed by atoms with Gasteiger partial charge < -0.3 is 14.8 Å². The van der Waals surface area contributed by atoms with Crippen LogP contribution < -0.4 is 14.8 Å². The average Bonchev–Trinajstić information content (AvgIpc) is 3.27. The lowest BCUT2D eigenvalue weighted by Gasteiger charge is -2.19. The van der Waals surface area contributed by atoms with E-state index in [-0.39, 0.29) is 6.10 Å². The first-order chi connectivity index (χ1) is 13.1. The van der Waals surface area contributed by atoms with Crippen LogP contribution in [0.4, 0.5) is 5.13 Å². The molecular formula is C20H24N4O2S. The number of hydrogen-bond acceptors (Lipinski definition) is 7. The van der Waals surface area contributed by atoms with Crippen molar-refractivity contribution in [2.24, 2.45) is 0 Å². The molecule has 142 valence electrons. The molecular weight excluding hydrogens is 360 g/mol. The van der Waals surface area contributed by atoms with Crippen LogP contribution in [-0.4, -0.2) is 47.7 Å². The summed E-state index contributed by atoms with van der Waals surface area (Å²) in [6, 6.07) is 10.4. The largest absolute Gasteiger partial charge is 0.497 e. The zero-order valence-electron chi connectivity index (χ0n) is 15.8. The Kier molecular flexibility index (Phi) is 5.13. The average molecular weight is 385 g/mol. The van der Waals surface area contributed by atoms with Gasteiger partial charge in [0.05, 0.1) is 12.6 Å². The van der Waals surface area contributed by atoms with E-state index < -0.39 is 0 Å². The molecule has 1 aliphatic heterocycles. The number of ether oxygens (including phenoxy) is 2. The summed E-state index contributed by atoms with van der Waals surface area (Å²) in [6.07, 6.45) is 3.10. The number of pyridine rings is 1. The number of benzene rings is 1. The van der Waals surface area contributed by atoms with Crippen molar-refractivity contribution >= 4 is 27.4 Å². The summed E-state index contributed by atoms with van der Waals surface area (Å²) < 4.78 is 11.5. The summed E-state index contributed by atoms with van der Waals surface area (Å²) >= 11 is 1.70. The van der Waals surface area contributed by atoms with Crippen molar-refractivity contribution in [3.05, 3.63) is 41.4 Å². The molecule has 3 heterocycles. The van der Waals surface area contributed by atoms with Gasteiger partial charge in [-0.3, -0.25) is 4.90 Å². The van der Waals surface area contributed by atoms with Crippen LogP contribution >= 0.6 is 11.3 Å². The van der Waals surface area contributed by atoms with Gasteiger partial charge in [0.25, 0.3) is 0 Å². The SMILES string of the molecule is CNc1ncc(CN2CC(Oc3ccc4ccc(OC)cc4n3)CC2C)s1. The number of nitrogens with one attached hydrogen (secondary N) is 1. The summed E-state index contributed by atoms with van der Waals surface area (Å²) in [4.78, 5) is 12.7. The fourth-order valence-corrected chi connectivity index (χ4v) is 4.28. The van der Waals surface area contributed by atoms with E-state index in [1.807, 2.05) is 43.6 Å². The molecule has 7 heteroatoms. The second kappa shape index (κ2) is 7.70. The molecule has 3 aromatic rings. The third-order valence-electron chi connectivity index (χ3n) is 4.95. The van der Waals surface area contributed by atoms with Gasteiger partial charge >= 0.3 is 0 Å². The van der Waals surface area contributed by atoms with Gasteiger partial charge in [0.1, 0.15) is 11.9 Å². The van der Waals surface area contributed by atoms with E-state index in [0.717, 1.165) is 41.3 Å². The van der Waals surface area contributed by atoms with Crippen LogP contribution in [0.2, 0.25) is 0 Å². The van der Waals surface area contributed by atoms with Crippen molar-refractivity contribution in [1.29, 1.82) is 0 Å². The first kappa shape index (κ1) is 18.0. The van der Waals surface area contributed by atoms with Gasteiger partial charge in [-0.25, -0.2) is 9.97 Å². The molecule has 1 N–H and O–H groups in total. The van der Waals surface area contributed by atoms with Gasteiger partial charge in [0.2, 0.25) is 5.88 Å². The molecule has 1 saturated heterocycles. The van der Waals surface area contributed by atoms with Crippen LogP contribution in [0.5, 0.6) is 11.6 Å². The van der Waals surface area contributed by atoms with Gasteiger partial charge in [0, 0.05) is 61.2 Å². The fourth-order valence-electron chi connectivity index (χ4n) is 3.49. The summed E-state index contributed by atoms with van der Waals surface area (Å²) in [5.41, 5.74) is 0.888. The number of nitrogens with zero attached hydrogens (tertiary/aromatic N) is 3. The Bertz CT molecular complexity index is 929. The van der Waals surface area contributed by atoms with Crippen LogP contribution in [-0.2, 0) is 6.54 Å². The zero-order valence-corrected chi connectivity index (χ0v) is 16.6. The Labute approximate surface area is 163 Å². The molecule has 0 spiro atoms. The number of likely N-dealkylation sites (tertiary alicyclic amines) is 1. The van der Waals surface area contributed by atoms with Gasteiger partial charge in [-0.05, 0) is 25.1 Å². The van der Waals surface area contributed by atoms with Gasteiger partial charge in [-0.15, -0.1) is 11.3 Å². The summed E-state index contributed by atoms with van der Waals surface area (Å²) in [6.45, 7) is 4.05. The van der Waals surface area contributed by atoms with Crippen molar-refractivity contribution in [2.45, 2.75) is 32.0 Å². The Morgan fingerprint density at radius 2 is 2.15 bits per heavy atom. The standard InChI is InChI=1S/C20H24N4O2S/c1-13-8-16(11-24(13)12-17-10-22-20(21-2)27-17)26-19-7-5-14-4-6-15(25-3)9-18(14)23-19/h4-7,9-10,13,16H,8,11-12H2,1-3H3,(H,21,22). The van der Waals surface area contributed by atoms with E-state index in [4.69, 9.17) is 9.47 Å². The number of methoxy groups -OCH3 is 1. The molecule has 0 aliphatic carbocycles. The highest BCUT2D eigenvalue weighted by atomic mass is 32.1. The lowest BCUT2D eigenvalue weighted by molar-refractivity contribution is 0.189. The van der Waals surface area contributed by atoms with E-state index >= 15 is 0 Å². The number of rotatable bonds is 6. The van der Waals surface area contributed by atoms with Crippen LogP contribution in [0.1, 0.15) is 18.2 Å². The molecule has 1 fully saturated rings. The smallest absolute Gasteiger partial charge is 0.214 e. The Morgan fingerprint density at radius 3 is 2.93 bits per heavy atom. The molecule has 6 nitrogen and oxygen atoms in total. The zero-order chi connectivity index (χ0) is 18.8.